The van der Waals surface area contributed by atoms with Crippen molar-refractivity contribution in [2.24, 2.45) is 11.7 Å². The third kappa shape index (κ3) is 2.05. The van der Waals surface area contributed by atoms with Crippen molar-refractivity contribution in [2.45, 2.75) is 50.5 Å². The molecule has 2 nitrogen and oxygen atoms in total. The molecule has 0 spiro atoms. The highest BCUT2D eigenvalue weighted by atomic mass is 16.5. The Balaban J connectivity index is 1.94. The maximum Gasteiger partial charge on any atom is 0.0511 e. The van der Waals surface area contributed by atoms with Gasteiger partial charge in [-0.3, -0.25) is 0 Å². The maximum absolute atomic E-state index is 6.45. The van der Waals surface area contributed by atoms with E-state index in [1.54, 1.807) is 0 Å². The van der Waals surface area contributed by atoms with Crippen LogP contribution in [0.1, 0.15) is 44.9 Å². The molecule has 0 amide bonds. The van der Waals surface area contributed by atoms with Crippen LogP contribution in [-0.4, -0.2) is 18.8 Å². The molecular formula is C11H21NO. The predicted molar refractivity (Wildman–Crippen MR) is 53.5 cm³/mol. The van der Waals surface area contributed by atoms with Crippen molar-refractivity contribution >= 4 is 0 Å². The molecule has 1 atom stereocenters. The van der Waals surface area contributed by atoms with Crippen molar-refractivity contribution in [1.82, 2.24) is 0 Å². The van der Waals surface area contributed by atoms with E-state index >= 15 is 0 Å². The Morgan fingerprint density at radius 2 is 1.85 bits per heavy atom. The highest BCUT2D eigenvalue weighted by molar-refractivity contribution is 4.94. The van der Waals surface area contributed by atoms with E-state index in [2.05, 4.69) is 0 Å². The first-order valence-electron chi connectivity index (χ1n) is 5.68. The average molecular weight is 183 g/mol. The van der Waals surface area contributed by atoms with Crippen molar-refractivity contribution < 1.29 is 4.74 Å². The summed E-state index contributed by atoms with van der Waals surface area (Å²) >= 11 is 0. The number of ether oxygens (including phenoxy) is 1. The van der Waals surface area contributed by atoms with Crippen LogP contribution in [0.5, 0.6) is 0 Å². The third-order valence-corrected chi connectivity index (χ3v) is 3.76. The average Bonchev–Trinajstić information content (AvgIpc) is 2.20. The van der Waals surface area contributed by atoms with Crippen LogP contribution in [0.2, 0.25) is 0 Å². The normalized spacial score (nSPS) is 34.4. The fraction of sp³-hybridized carbons (Fsp3) is 1.00. The summed E-state index contributed by atoms with van der Waals surface area (Å²) in [5.74, 6) is 0.640. The van der Waals surface area contributed by atoms with Crippen LogP contribution in [0.15, 0.2) is 0 Å². The highest BCUT2D eigenvalue weighted by Gasteiger charge is 2.36. The van der Waals surface area contributed by atoms with Gasteiger partial charge in [-0.2, -0.15) is 0 Å². The second-order valence-corrected chi connectivity index (χ2v) is 4.71. The lowest BCUT2D eigenvalue weighted by Crippen LogP contribution is -2.51. The molecule has 0 aromatic carbocycles. The van der Waals surface area contributed by atoms with Gasteiger partial charge in [0.2, 0.25) is 0 Å². The minimum atomic E-state index is 0.124. The molecule has 1 unspecified atom stereocenters. The molecule has 0 radical (unpaired) electrons. The molecule has 0 bridgehead atoms. The summed E-state index contributed by atoms with van der Waals surface area (Å²) in [5, 5.41) is 0. The predicted octanol–water partition coefficient (Wildman–Crippen LogP) is 2.07. The molecule has 1 heterocycles. The highest BCUT2D eigenvalue weighted by Crippen LogP contribution is 2.35. The molecule has 2 aliphatic rings. The van der Waals surface area contributed by atoms with Crippen molar-refractivity contribution in [3.05, 3.63) is 0 Å². The van der Waals surface area contributed by atoms with E-state index in [-0.39, 0.29) is 5.54 Å². The van der Waals surface area contributed by atoms with Gasteiger partial charge < -0.3 is 10.5 Å². The zero-order valence-electron chi connectivity index (χ0n) is 8.43. The molecule has 2 N–H and O–H groups in total. The van der Waals surface area contributed by atoms with E-state index < -0.39 is 0 Å². The van der Waals surface area contributed by atoms with E-state index in [1.165, 1.54) is 44.9 Å². The van der Waals surface area contributed by atoms with Gasteiger partial charge in [-0.1, -0.05) is 19.3 Å². The van der Waals surface area contributed by atoms with Crippen molar-refractivity contribution in [1.29, 1.82) is 0 Å². The molecular weight excluding hydrogens is 162 g/mol. The van der Waals surface area contributed by atoms with E-state index in [0.29, 0.717) is 5.92 Å². The molecule has 1 saturated heterocycles. The van der Waals surface area contributed by atoms with Gasteiger partial charge in [-0.05, 0) is 25.7 Å². The lowest BCUT2D eigenvalue weighted by atomic mass is 9.72. The summed E-state index contributed by atoms with van der Waals surface area (Å²) < 4.78 is 5.52. The SMILES string of the molecule is NC1(C2CCCOC2)CCCCC1. The summed E-state index contributed by atoms with van der Waals surface area (Å²) in [6.07, 6.45) is 8.98. The molecule has 1 aliphatic heterocycles. The van der Waals surface area contributed by atoms with Gasteiger partial charge in [0.05, 0.1) is 6.61 Å². The van der Waals surface area contributed by atoms with E-state index in [4.69, 9.17) is 10.5 Å². The lowest BCUT2D eigenvalue weighted by molar-refractivity contribution is 0.0108. The Labute approximate surface area is 80.8 Å². The van der Waals surface area contributed by atoms with Gasteiger partial charge in [-0.25, -0.2) is 0 Å². The second-order valence-electron chi connectivity index (χ2n) is 4.71. The van der Waals surface area contributed by atoms with Crippen LogP contribution >= 0.6 is 0 Å². The minimum Gasteiger partial charge on any atom is -0.381 e. The molecule has 0 aromatic heterocycles. The number of nitrogens with two attached hydrogens (primary N) is 1. The van der Waals surface area contributed by atoms with E-state index in [0.717, 1.165) is 13.2 Å². The first-order valence-corrected chi connectivity index (χ1v) is 5.68. The first kappa shape index (κ1) is 9.47. The topological polar surface area (TPSA) is 35.2 Å². The van der Waals surface area contributed by atoms with Crippen LogP contribution in [0.25, 0.3) is 0 Å². The van der Waals surface area contributed by atoms with Crippen LogP contribution < -0.4 is 5.73 Å². The van der Waals surface area contributed by atoms with Crippen molar-refractivity contribution in [3.8, 4) is 0 Å². The zero-order valence-corrected chi connectivity index (χ0v) is 8.43. The maximum atomic E-state index is 6.45. The zero-order chi connectivity index (χ0) is 9.15. The minimum absolute atomic E-state index is 0.124. The quantitative estimate of drug-likeness (QED) is 0.675. The van der Waals surface area contributed by atoms with E-state index in [1.807, 2.05) is 0 Å². The second kappa shape index (κ2) is 3.97. The van der Waals surface area contributed by atoms with Crippen LogP contribution in [-0.2, 0) is 4.74 Å². The van der Waals surface area contributed by atoms with Gasteiger partial charge in [-0.15, -0.1) is 0 Å². The summed E-state index contributed by atoms with van der Waals surface area (Å²) in [5.41, 5.74) is 6.58. The monoisotopic (exact) mass is 183 g/mol. The Bertz CT molecular complexity index is 157. The van der Waals surface area contributed by atoms with E-state index in [9.17, 15) is 0 Å². The molecule has 0 aromatic rings. The van der Waals surface area contributed by atoms with Crippen LogP contribution in [0, 0.1) is 5.92 Å². The summed E-state index contributed by atoms with van der Waals surface area (Å²) in [6, 6.07) is 0. The molecule has 2 fully saturated rings. The Hall–Kier alpha value is -0.0800. The largest absolute Gasteiger partial charge is 0.381 e. The fourth-order valence-electron chi connectivity index (χ4n) is 2.81. The molecule has 76 valence electrons. The van der Waals surface area contributed by atoms with Gasteiger partial charge >= 0.3 is 0 Å². The molecule has 1 saturated carbocycles. The molecule has 2 heteroatoms. The van der Waals surface area contributed by atoms with Crippen LogP contribution in [0.3, 0.4) is 0 Å². The fourth-order valence-corrected chi connectivity index (χ4v) is 2.81. The molecule has 2 rings (SSSR count). The van der Waals surface area contributed by atoms with Crippen molar-refractivity contribution in [2.75, 3.05) is 13.2 Å². The Kier molecular flexibility index (Phi) is 2.89. The van der Waals surface area contributed by atoms with Gasteiger partial charge in [0.25, 0.3) is 0 Å². The van der Waals surface area contributed by atoms with Crippen molar-refractivity contribution in [3.63, 3.8) is 0 Å². The number of rotatable bonds is 1. The third-order valence-electron chi connectivity index (χ3n) is 3.76. The molecule has 13 heavy (non-hydrogen) atoms. The lowest BCUT2D eigenvalue weighted by Gasteiger charge is -2.42. The standard InChI is InChI=1S/C11H21NO/c12-11(6-2-1-3-7-11)10-5-4-8-13-9-10/h10H,1-9,12H2. The summed E-state index contributed by atoms with van der Waals surface area (Å²) in [6.45, 7) is 1.86. The van der Waals surface area contributed by atoms with Gasteiger partial charge in [0.15, 0.2) is 0 Å². The van der Waals surface area contributed by atoms with Gasteiger partial charge in [0, 0.05) is 18.1 Å². The smallest absolute Gasteiger partial charge is 0.0511 e. The van der Waals surface area contributed by atoms with Crippen LogP contribution in [0.4, 0.5) is 0 Å². The first-order chi connectivity index (χ1) is 6.31. The molecule has 1 aliphatic carbocycles. The Morgan fingerprint density at radius 1 is 1.08 bits per heavy atom. The van der Waals surface area contributed by atoms with Gasteiger partial charge in [0.1, 0.15) is 0 Å². The summed E-state index contributed by atoms with van der Waals surface area (Å²) in [4.78, 5) is 0. The number of hydrogen-bond acceptors (Lipinski definition) is 2. The Morgan fingerprint density at radius 3 is 2.46 bits per heavy atom. The summed E-state index contributed by atoms with van der Waals surface area (Å²) in [7, 11) is 0. The number of hydrogen-bond donors (Lipinski definition) is 1.